The predicted molar refractivity (Wildman–Crippen MR) is 64.1 cm³/mol. The Labute approximate surface area is 96.8 Å². The third-order valence-corrected chi connectivity index (χ3v) is 2.54. The van der Waals surface area contributed by atoms with Gasteiger partial charge < -0.3 is 10.1 Å². The van der Waals surface area contributed by atoms with Crippen LogP contribution < -0.4 is 5.32 Å². The molecule has 0 saturated carbocycles. The average Bonchev–Trinajstić information content (AvgIpc) is 2.35. The molecule has 0 aromatic heterocycles. The lowest BCUT2D eigenvalue weighted by Crippen LogP contribution is -2.20. The summed E-state index contributed by atoms with van der Waals surface area (Å²) in [5.74, 6) is -0.144. The van der Waals surface area contributed by atoms with Crippen molar-refractivity contribution in [1.82, 2.24) is 5.32 Å². The minimum Gasteiger partial charge on any atom is -0.469 e. The maximum absolute atomic E-state index is 10.9. The third-order valence-electron chi connectivity index (χ3n) is 2.54. The van der Waals surface area contributed by atoms with Crippen molar-refractivity contribution in [2.75, 3.05) is 13.7 Å². The molecule has 0 radical (unpaired) electrons. The zero-order valence-electron chi connectivity index (χ0n) is 9.90. The van der Waals surface area contributed by atoms with Gasteiger partial charge in [-0.05, 0) is 25.5 Å². The Morgan fingerprint density at radius 2 is 2.06 bits per heavy atom. The number of nitrogens with one attached hydrogen (secondary N) is 1. The predicted octanol–water partition coefficient (Wildman–Crippen LogP) is 2.29. The minimum absolute atomic E-state index is 0.144. The van der Waals surface area contributed by atoms with Crippen LogP contribution in [0.2, 0.25) is 0 Å². The summed E-state index contributed by atoms with van der Waals surface area (Å²) in [5.41, 5.74) is 1.26. The zero-order chi connectivity index (χ0) is 11.8. The van der Waals surface area contributed by atoms with Crippen LogP contribution in [0.15, 0.2) is 30.3 Å². The number of ether oxygens (including phenoxy) is 1. The molecule has 1 aromatic carbocycles. The second-order valence-electron chi connectivity index (χ2n) is 3.77. The standard InChI is InChI=1S/C13H19NO2/c1-11(12-7-4-3-5-8-12)14-10-6-9-13(15)16-2/h3-5,7-8,11,14H,6,9-10H2,1-2H3/t11-/m1/s1. The smallest absolute Gasteiger partial charge is 0.305 e. The van der Waals surface area contributed by atoms with Crippen LogP contribution >= 0.6 is 0 Å². The Kier molecular flexibility index (Phi) is 5.57. The van der Waals surface area contributed by atoms with Crippen LogP contribution in [0.4, 0.5) is 0 Å². The number of carbonyl (C=O) groups is 1. The van der Waals surface area contributed by atoms with Gasteiger partial charge in [0.15, 0.2) is 0 Å². The van der Waals surface area contributed by atoms with Crippen molar-refractivity contribution in [3.63, 3.8) is 0 Å². The lowest BCUT2D eigenvalue weighted by atomic mass is 10.1. The third kappa shape index (κ3) is 4.45. The fraction of sp³-hybridized carbons (Fsp3) is 0.462. The molecule has 88 valence electrons. The number of hydrogen-bond acceptors (Lipinski definition) is 3. The fourth-order valence-electron chi connectivity index (χ4n) is 1.51. The summed E-state index contributed by atoms with van der Waals surface area (Å²) in [6, 6.07) is 10.6. The molecule has 1 N–H and O–H groups in total. The van der Waals surface area contributed by atoms with Crippen LogP contribution in [-0.4, -0.2) is 19.6 Å². The molecule has 3 nitrogen and oxygen atoms in total. The fourth-order valence-corrected chi connectivity index (χ4v) is 1.51. The van der Waals surface area contributed by atoms with Crippen LogP contribution in [0, 0.1) is 0 Å². The largest absolute Gasteiger partial charge is 0.469 e. The van der Waals surface area contributed by atoms with E-state index in [1.165, 1.54) is 12.7 Å². The van der Waals surface area contributed by atoms with Gasteiger partial charge in [-0.2, -0.15) is 0 Å². The number of carbonyl (C=O) groups excluding carboxylic acids is 1. The number of hydrogen-bond donors (Lipinski definition) is 1. The maximum Gasteiger partial charge on any atom is 0.305 e. The summed E-state index contributed by atoms with van der Waals surface area (Å²) in [5, 5.41) is 3.37. The van der Waals surface area contributed by atoms with E-state index in [1.54, 1.807) is 0 Å². The highest BCUT2D eigenvalue weighted by Crippen LogP contribution is 2.10. The first-order valence-electron chi connectivity index (χ1n) is 5.59. The SMILES string of the molecule is COC(=O)CCCN[C@H](C)c1ccccc1. The Morgan fingerprint density at radius 1 is 1.38 bits per heavy atom. The van der Waals surface area contributed by atoms with Gasteiger partial charge in [0, 0.05) is 12.5 Å². The highest BCUT2D eigenvalue weighted by molar-refractivity contribution is 5.69. The second-order valence-corrected chi connectivity index (χ2v) is 3.77. The van der Waals surface area contributed by atoms with Gasteiger partial charge in [0.2, 0.25) is 0 Å². The molecule has 1 atom stereocenters. The van der Waals surface area contributed by atoms with E-state index >= 15 is 0 Å². The van der Waals surface area contributed by atoms with E-state index in [4.69, 9.17) is 0 Å². The molecule has 0 saturated heterocycles. The zero-order valence-corrected chi connectivity index (χ0v) is 9.90. The first-order chi connectivity index (χ1) is 7.74. The molecule has 0 bridgehead atoms. The van der Waals surface area contributed by atoms with Gasteiger partial charge in [-0.3, -0.25) is 4.79 Å². The van der Waals surface area contributed by atoms with Crippen LogP contribution in [0.25, 0.3) is 0 Å². The molecule has 0 heterocycles. The summed E-state index contributed by atoms with van der Waals surface area (Å²) in [7, 11) is 1.42. The van der Waals surface area contributed by atoms with Crippen molar-refractivity contribution in [2.45, 2.75) is 25.8 Å². The van der Waals surface area contributed by atoms with Crippen molar-refractivity contribution in [1.29, 1.82) is 0 Å². The van der Waals surface area contributed by atoms with Crippen molar-refractivity contribution in [2.24, 2.45) is 0 Å². The van der Waals surface area contributed by atoms with Crippen LogP contribution in [0.3, 0.4) is 0 Å². The highest BCUT2D eigenvalue weighted by Gasteiger charge is 2.04. The van der Waals surface area contributed by atoms with Crippen molar-refractivity contribution < 1.29 is 9.53 Å². The first kappa shape index (κ1) is 12.7. The molecule has 0 amide bonds. The maximum atomic E-state index is 10.9. The molecule has 0 spiro atoms. The summed E-state index contributed by atoms with van der Waals surface area (Å²) in [4.78, 5) is 10.9. The molecule has 0 unspecified atom stereocenters. The summed E-state index contributed by atoms with van der Waals surface area (Å²) >= 11 is 0. The second kappa shape index (κ2) is 7.01. The van der Waals surface area contributed by atoms with Gasteiger partial charge in [-0.15, -0.1) is 0 Å². The van der Waals surface area contributed by atoms with Gasteiger partial charge in [0.05, 0.1) is 7.11 Å². The molecule has 0 aliphatic heterocycles. The molecule has 0 aliphatic carbocycles. The normalized spacial score (nSPS) is 12.1. The Bertz CT molecular complexity index is 311. The topological polar surface area (TPSA) is 38.3 Å². The highest BCUT2D eigenvalue weighted by atomic mass is 16.5. The lowest BCUT2D eigenvalue weighted by molar-refractivity contribution is -0.140. The number of benzene rings is 1. The van der Waals surface area contributed by atoms with Crippen LogP contribution in [-0.2, 0) is 9.53 Å². The Balaban J connectivity index is 2.21. The van der Waals surface area contributed by atoms with Gasteiger partial charge >= 0.3 is 5.97 Å². The average molecular weight is 221 g/mol. The van der Waals surface area contributed by atoms with Gasteiger partial charge in [-0.1, -0.05) is 30.3 Å². The first-order valence-corrected chi connectivity index (χ1v) is 5.59. The van der Waals surface area contributed by atoms with E-state index in [0.717, 1.165) is 13.0 Å². The monoisotopic (exact) mass is 221 g/mol. The van der Waals surface area contributed by atoms with E-state index in [9.17, 15) is 4.79 Å². The molecular formula is C13H19NO2. The molecule has 0 fully saturated rings. The number of esters is 1. The minimum atomic E-state index is -0.144. The van der Waals surface area contributed by atoms with Crippen molar-refractivity contribution in [3.05, 3.63) is 35.9 Å². The van der Waals surface area contributed by atoms with Gasteiger partial charge in [0.1, 0.15) is 0 Å². The van der Waals surface area contributed by atoms with Crippen molar-refractivity contribution >= 4 is 5.97 Å². The summed E-state index contributed by atoms with van der Waals surface area (Å²) < 4.78 is 4.58. The van der Waals surface area contributed by atoms with Crippen LogP contribution in [0.5, 0.6) is 0 Å². The Hall–Kier alpha value is -1.35. The lowest BCUT2D eigenvalue weighted by Gasteiger charge is -2.13. The summed E-state index contributed by atoms with van der Waals surface area (Å²) in [6.07, 6.45) is 1.29. The molecule has 0 aliphatic rings. The molecule has 3 heteroatoms. The number of methoxy groups -OCH3 is 1. The number of rotatable bonds is 6. The van der Waals surface area contributed by atoms with E-state index < -0.39 is 0 Å². The molecule has 1 rings (SSSR count). The van der Waals surface area contributed by atoms with Gasteiger partial charge in [-0.25, -0.2) is 0 Å². The van der Waals surface area contributed by atoms with Gasteiger partial charge in [0.25, 0.3) is 0 Å². The molecule has 16 heavy (non-hydrogen) atoms. The van der Waals surface area contributed by atoms with E-state index in [0.29, 0.717) is 12.5 Å². The van der Waals surface area contributed by atoms with Crippen LogP contribution in [0.1, 0.15) is 31.4 Å². The summed E-state index contributed by atoms with van der Waals surface area (Å²) in [6.45, 7) is 2.94. The molecule has 1 aromatic rings. The van der Waals surface area contributed by atoms with E-state index in [1.807, 2.05) is 18.2 Å². The van der Waals surface area contributed by atoms with E-state index in [2.05, 4.69) is 29.1 Å². The quantitative estimate of drug-likeness (QED) is 0.591. The van der Waals surface area contributed by atoms with E-state index in [-0.39, 0.29) is 5.97 Å². The van der Waals surface area contributed by atoms with Crippen molar-refractivity contribution in [3.8, 4) is 0 Å². The molecular weight excluding hydrogens is 202 g/mol. The Morgan fingerprint density at radius 3 is 2.69 bits per heavy atom.